The first-order valence-electron chi connectivity index (χ1n) is 13.2. The van der Waals surface area contributed by atoms with Crippen molar-refractivity contribution in [3.05, 3.63) is 46.4 Å². The Morgan fingerprint density at radius 2 is 1.85 bits per heavy atom. The average molecular weight is 586 g/mol. The minimum absolute atomic E-state index is 0.0351. The van der Waals surface area contributed by atoms with Gasteiger partial charge < -0.3 is 24.6 Å². The Bertz CT molecular complexity index is 1190. The normalized spacial score (nSPS) is 15.0. The fourth-order valence-corrected chi connectivity index (χ4v) is 4.29. The van der Waals surface area contributed by atoms with Gasteiger partial charge in [0, 0.05) is 43.8 Å². The first kappa shape index (κ1) is 33.2. The maximum absolute atomic E-state index is 13.1. The van der Waals surface area contributed by atoms with Crippen LogP contribution in [-0.2, 0) is 41.7 Å². The standard InChI is InChI=1S/C27H34F3N3O8/c1-2-41-25(39)8-4-3-7-20(31-22(35)9-10-24(37)38)21(34)16-18-6-5-13-33(26(18)40)17-23(36)32-14-11-19(12-15-32)27(28,29)30/h4-6,8,13,19-20H,2-3,7,9-12,14-17H2,1H3,(H,31,35)(H,37,38)/b8-4+/t20-/m0/s1. The van der Waals surface area contributed by atoms with Crippen LogP contribution in [0.1, 0.15) is 51.0 Å². The molecule has 0 radical (unpaired) electrons. The Hall–Kier alpha value is -3.97. The molecular formula is C27H34F3N3O8. The number of carboxylic acid groups (broad SMARTS) is 1. The van der Waals surface area contributed by atoms with E-state index in [-0.39, 0.29) is 57.4 Å². The zero-order valence-corrected chi connectivity index (χ0v) is 22.7. The number of aliphatic carboxylic acids is 1. The van der Waals surface area contributed by atoms with Gasteiger partial charge in [0.15, 0.2) is 5.78 Å². The molecule has 1 atom stereocenters. The highest BCUT2D eigenvalue weighted by molar-refractivity contribution is 5.91. The number of ether oxygens (including phenoxy) is 1. The van der Waals surface area contributed by atoms with E-state index in [4.69, 9.17) is 9.84 Å². The van der Waals surface area contributed by atoms with Crippen molar-refractivity contribution in [2.24, 2.45) is 5.92 Å². The number of Topliss-reactive ketones (excluding diaryl/α,β-unsaturated/α-hetero) is 1. The van der Waals surface area contributed by atoms with Crippen molar-refractivity contribution in [2.45, 2.75) is 70.6 Å². The van der Waals surface area contributed by atoms with Gasteiger partial charge in [-0.05, 0) is 38.7 Å². The van der Waals surface area contributed by atoms with Gasteiger partial charge in [-0.2, -0.15) is 13.2 Å². The van der Waals surface area contributed by atoms with Gasteiger partial charge >= 0.3 is 18.1 Å². The number of allylic oxidation sites excluding steroid dienone is 1. The highest BCUT2D eigenvalue weighted by Crippen LogP contribution is 2.34. The molecule has 1 aliphatic rings. The predicted molar refractivity (Wildman–Crippen MR) is 139 cm³/mol. The monoisotopic (exact) mass is 585 g/mol. The molecule has 1 aliphatic heterocycles. The van der Waals surface area contributed by atoms with Gasteiger partial charge in [0.25, 0.3) is 5.56 Å². The number of rotatable bonds is 14. The number of piperidine rings is 1. The van der Waals surface area contributed by atoms with Gasteiger partial charge in [0.2, 0.25) is 11.8 Å². The number of carbonyl (C=O) groups excluding carboxylic acids is 4. The number of alkyl halides is 3. The van der Waals surface area contributed by atoms with E-state index in [1.807, 2.05) is 0 Å². The van der Waals surface area contributed by atoms with Gasteiger partial charge in [0.1, 0.15) is 6.54 Å². The van der Waals surface area contributed by atoms with Gasteiger partial charge in [0.05, 0.1) is 25.0 Å². The quantitative estimate of drug-likeness (QED) is 0.249. The number of nitrogens with one attached hydrogen (secondary N) is 1. The number of nitrogens with zero attached hydrogens (tertiary/aromatic N) is 2. The largest absolute Gasteiger partial charge is 0.481 e. The van der Waals surface area contributed by atoms with E-state index in [1.165, 1.54) is 35.4 Å². The van der Waals surface area contributed by atoms with Gasteiger partial charge in [-0.15, -0.1) is 0 Å². The van der Waals surface area contributed by atoms with Crippen LogP contribution in [0.25, 0.3) is 0 Å². The molecule has 2 heterocycles. The van der Waals surface area contributed by atoms with Crippen LogP contribution in [-0.4, -0.2) is 76.0 Å². The summed E-state index contributed by atoms with van der Waals surface area (Å²) in [5, 5.41) is 11.3. The number of hydrogen-bond acceptors (Lipinski definition) is 7. The van der Waals surface area contributed by atoms with Crippen LogP contribution in [0.3, 0.4) is 0 Å². The molecule has 0 bridgehead atoms. The van der Waals surface area contributed by atoms with E-state index >= 15 is 0 Å². The van der Waals surface area contributed by atoms with Crippen LogP contribution in [0.5, 0.6) is 0 Å². The highest BCUT2D eigenvalue weighted by atomic mass is 19.4. The molecule has 1 aromatic rings. The van der Waals surface area contributed by atoms with Gasteiger partial charge in [-0.1, -0.05) is 12.1 Å². The van der Waals surface area contributed by atoms with Crippen LogP contribution in [0, 0.1) is 5.92 Å². The van der Waals surface area contributed by atoms with Gasteiger partial charge in [-0.25, -0.2) is 4.79 Å². The number of halogens is 3. The Labute approximate surface area is 234 Å². The average Bonchev–Trinajstić information content (AvgIpc) is 2.91. The molecule has 41 heavy (non-hydrogen) atoms. The molecule has 0 spiro atoms. The number of ketones is 1. The Kier molecular flexibility index (Phi) is 12.7. The van der Waals surface area contributed by atoms with Crippen molar-refractivity contribution in [1.29, 1.82) is 0 Å². The maximum Gasteiger partial charge on any atom is 0.391 e. The van der Waals surface area contributed by atoms with Crippen molar-refractivity contribution in [2.75, 3.05) is 19.7 Å². The molecule has 14 heteroatoms. The second-order valence-electron chi connectivity index (χ2n) is 9.55. The van der Waals surface area contributed by atoms with Crippen molar-refractivity contribution < 1.29 is 47.0 Å². The lowest BCUT2D eigenvalue weighted by atomic mass is 9.96. The lowest BCUT2D eigenvalue weighted by molar-refractivity contribution is -0.186. The molecule has 0 unspecified atom stereocenters. The number of hydrogen-bond donors (Lipinski definition) is 2. The van der Waals surface area contributed by atoms with Crippen molar-refractivity contribution >= 4 is 29.5 Å². The third-order valence-corrected chi connectivity index (χ3v) is 6.53. The van der Waals surface area contributed by atoms with E-state index in [0.29, 0.717) is 0 Å². The topological polar surface area (TPSA) is 152 Å². The molecule has 2 N–H and O–H groups in total. The third kappa shape index (κ3) is 11.2. The van der Waals surface area contributed by atoms with Gasteiger partial charge in [-0.3, -0.25) is 24.0 Å². The van der Waals surface area contributed by atoms with Crippen LogP contribution in [0.15, 0.2) is 35.3 Å². The first-order chi connectivity index (χ1) is 19.3. The number of aromatic nitrogens is 1. The minimum Gasteiger partial charge on any atom is -0.481 e. The van der Waals surface area contributed by atoms with E-state index < -0.39 is 72.6 Å². The SMILES string of the molecule is CCOC(=O)/C=C/CC[C@H](NC(=O)CCC(=O)O)C(=O)Cc1cccn(CC(=O)N2CCC(C(F)(F)F)CC2)c1=O. The number of carboxylic acids is 1. The summed E-state index contributed by atoms with van der Waals surface area (Å²) >= 11 is 0. The van der Waals surface area contributed by atoms with Crippen molar-refractivity contribution in [3.8, 4) is 0 Å². The van der Waals surface area contributed by atoms with Crippen LogP contribution in [0.4, 0.5) is 13.2 Å². The Morgan fingerprint density at radius 1 is 1.17 bits per heavy atom. The maximum atomic E-state index is 13.1. The molecule has 2 rings (SSSR count). The molecule has 1 aromatic heterocycles. The Balaban J connectivity index is 2.08. The molecule has 0 saturated carbocycles. The summed E-state index contributed by atoms with van der Waals surface area (Å²) in [5.41, 5.74) is -0.606. The van der Waals surface area contributed by atoms with E-state index in [1.54, 1.807) is 6.92 Å². The van der Waals surface area contributed by atoms with E-state index in [2.05, 4.69) is 5.32 Å². The van der Waals surface area contributed by atoms with Crippen LogP contribution < -0.4 is 10.9 Å². The zero-order valence-electron chi connectivity index (χ0n) is 22.7. The highest BCUT2D eigenvalue weighted by Gasteiger charge is 2.41. The molecular weight excluding hydrogens is 551 g/mol. The summed E-state index contributed by atoms with van der Waals surface area (Å²) in [5.74, 6) is -4.98. The number of carbonyl (C=O) groups is 5. The summed E-state index contributed by atoms with van der Waals surface area (Å²) in [6.07, 6.45) is -1.75. The molecule has 1 saturated heterocycles. The number of pyridine rings is 1. The second kappa shape index (κ2) is 15.7. The number of likely N-dealkylation sites (tertiary alicyclic amines) is 1. The summed E-state index contributed by atoms with van der Waals surface area (Å²) in [6.45, 7) is 1.25. The van der Waals surface area contributed by atoms with Crippen LogP contribution >= 0.6 is 0 Å². The van der Waals surface area contributed by atoms with E-state index in [9.17, 15) is 41.9 Å². The summed E-state index contributed by atoms with van der Waals surface area (Å²) < 4.78 is 44.6. The fraction of sp³-hybridized carbons (Fsp3) is 0.556. The molecule has 0 aromatic carbocycles. The van der Waals surface area contributed by atoms with E-state index in [0.717, 1.165) is 4.57 Å². The summed E-state index contributed by atoms with van der Waals surface area (Å²) in [4.78, 5) is 74.5. The fourth-order valence-electron chi connectivity index (χ4n) is 4.29. The smallest absolute Gasteiger partial charge is 0.391 e. The number of esters is 1. The molecule has 226 valence electrons. The molecule has 1 fully saturated rings. The van der Waals surface area contributed by atoms with Crippen molar-refractivity contribution in [3.63, 3.8) is 0 Å². The van der Waals surface area contributed by atoms with Crippen molar-refractivity contribution in [1.82, 2.24) is 14.8 Å². The predicted octanol–water partition coefficient (Wildman–Crippen LogP) is 2.01. The summed E-state index contributed by atoms with van der Waals surface area (Å²) in [6, 6.07) is 1.75. The Morgan fingerprint density at radius 3 is 2.46 bits per heavy atom. The number of amides is 2. The zero-order chi connectivity index (χ0) is 30.6. The lowest BCUT2D eigenvalue weighted by Gasteiger charge is -2.33. The molecule has 2 amide bonds. The summed E-state index contributed by atoms with van der Waals surface area (Å²) in [7, 11) is 0. The first-order valence-corrected chi connectivity index (χ1v) is 13.2. The molecule has 11 nitrogen and oxygen atoms in total. The second-order valence-corrected chi connectivity index (χ2v) is 9.55. The lowest BCUT2D eigenvalue weighted by Crippen LogP contribution is -2.44. The third-order valence-electron chi connectivity index (χ3n) is 6.53. The molecule has 0 aliphatic carbocycles. The minimum atomic E-state index is -4.32. The van der Waals surface area contributed by atoms with Crippen LogP contribution in [0.2, 0.25) is 0 Å².